The van der Waals surface area contributed by atoms with Gasteiger partial charge in [0.15, 0.2) is 24.8 Å². The summed E-state index contributed by atoms with van der Waals surface area (Å²) in [6, 6.07) is 6.85. The van der Waals surface area contributed by atoms with Gasteiger partial charge in [0.05, 0.1) is 25.3 Å². The third-order valence-electron chi connectivity index (χ3n) is 6.52. The van der Waals surface area contributed by atoms with Crippen molar-refractivity contribution in [3.05, 3.63) is 60.2 Å². The van der Waals surface area contributed by atoms with E-state index in [9.17, 15) is 9.59 Å². The Hall–Kier alpha value is -3.16. The molecule has 2 atom stereocenters. The first-order valence-corrected chi connectivity index (χ1v) is 14.4. The first kappa shape index (κ1) is 31.1. The molecule has 38 heavy (non-hydrogen) atoms. The molecule has 2 rings (SSSR count). The Bertz CT molecular complexity index is 857. The predicted molar refractivity (Wildman–Crippen MR) is 147 cm³/mol. The van der Waals surface area contributed by atoms with Crippen LogP contribution in [-0.4, -0.2) is 25.4 Å². The molecule has 0 saturated carbocycles. The van der Waals surface area contributed by atoms with Gasteiger partial charge in [-0.1, -0.05) is 39.5 Å². The molecule has 8 heteroatoms. The molecule has 0 radical (unpaired) electrons. The van der Waals surface area contributed by atoms with Crippen LogP contribution in [-0.2, 0) is 22.6 Å². The molecule has 2 amide bonds. The van der Waals surface area contributed by atoms with Crippen LogP contribution in [0.25, 0.3) is 0 Å². The number of pyridine rings is 2. The van der Waals surface area contributed by atoms with Crippen LogP contribution >= 0.6 is 0 Å². The lowest BCUT2D eigenvalue weighted by Crippen LogP contribution is -2.42. The monoisotopic (exact) mass is 528 g/mol. The van der Waals surface area contributed by atoms with Crippen LogP contribution in [0.2, 0.25) is 0 Å². The number of aryl methyl sites for hydroxylation is 2. The summed E-state index contributed by atoms with van der Waals surface area (Å²) in [5.41, 5.74) is 1.72. The van der Waals surface area contributed by atoms with Gasteiger partial charge in [0.25, 0.3) is 0 Å². The number of alkyl carbamates (subject to hydrolysis) is 2. The maximum Gasteiger partial charge on any atom is 0.407 e. The third kappa shape index (κ3) is 11.1. The highest BCUT2D eigenvalue weighted by molar-refractivity contribution is 5.70. The van der Waals surface area contributed by atoms with Crippen molar-refractivity contribution in [1.29, 1.82) is 0 Å². The molecule has 0 fully saturated rings. The minimum atomic E-state index is -0.561. The van der Waals surface area contributed by atoms with E-state index >= 15 is 0 Å². The molecule has 0 aliphatic carbocycles. The Morgan fingerprint density at radius 3 is 1.32 bits per heavy atom. The highest BCUT2D eigenvalue weighted by Crippen LogP contribution is 2.29. The van der Waals surface area contributed by atoms with E-state index in [-0.39, 0.29) is 13.2 Å². The molecular formula is C30H48N4O4+2. The van der Waals surface area contributed by atoms with Crippen LogP contribution in [0.15, 0.2) is 49.1 Å². The maximum atomic E-state index is 12.6. The summed E-state index contributed by atoms with van der Waals surface area (Å²) in [7, 11) is 0. The standard InChI is InChI=1S/C30H46N4O4/c1-5-9-11-13-19-33-21-15-25(16-22-33)27(31-29(35)37-7-3)28(32-30(36)38-8-4)26-17-23-34(24-18-26)20-14-12-10-6-2/h15-18,21-24,27-28H,5-14,19-20H2,1-4H3/p+2. The van der Waals surface area contributed by atoms with Gasteiger partial charge in [-0.15, -0.1) is 0 Å². The van der Waals surface area contributed by atoms with Crippen LogP contribution in [0.4, 0.5) is 9.59 Å². The van der Waals surface area contributed by atoms with E-state index in [2.05, 4.69) is 33.6 Å². The minimum absolute atomic E-state index is 0.254. The van der Waals surface area contributed by atoms with Gasteiger partial charge in [-0.25, -0.2) is 18.7 Å². The summed E-state index contributed by atoms with van der Waals surface area (Å²) in [5.74, 6) is 0. The number of amides is 2. The van der Waals surface area contributed by atoms with E-state index < -0.39 is 24.3 Å². The lowest BCUT2D eigenvalue weighted by molar-refractivity contribution is -0.697. The van der Waals surface area contributed by atoms with Gasteiger partial charge >= 0.3 is 12.2 Å². The second kappa shape index (κ2) is 18.2. The van der Waals surface area contributed by atoms with Crippen molar-refractivity contribution >= 4 is 12.2 Å². The highest BCUT2D eigenvalue weighted by Gasteiger charge is 2.30. The Kier molecular flexibility index (Phi) is 14.8. The van der Waals surface area contributed by atoms with Crippen LogP contribution < -0.4 is 19.8 Å². The minimum Gasteiger partial charge on any atom is -0.450 e. The van der Waals surface area contributed by atoms with Crippen LogP contribution in [0.3, 0.4) is 0 Å². The number of nitrogens with one attached hydrogen (secondary N) is 2. The molecular weight excluding hydrogens is 480 g/mol. The molecule has 0 spiro atoms. The van der Waals surface area contributed by atoms with E-state index in [0.717, 1.165) is 37.1 Å². The van der Waals surface area contributed by atoms with Crippen molar-refractivity contribution in [1.82, 2.24) is 10.6 Å². The number of hydrogen-bond donors (Lipinski definition) is 2. The Morgan fingerprint density at radius 1 is 0.632 bits per heavy atom. The molecule has 0 aliphatic rings. The van der Waals surface area contributed by atoms with Crippen LogP contribution in [0.1, 0.15) is 102 Å². The fraction of sp³-hybridized carbons (Fsp3) is 0.600. The van der Waals surface area contributed by atoms with Gasteiger partial charge in [0.2, 0.25) is 0 Å². The molecule has 2 heterocycles. The number of nitrogens with zero attached hydrogens (tertiary/aromatic N) is 2. The lowest BCUT2D eigenvalue weighted by Gasteiger charge is -2.28. The third-order valence-corrected chi connectivity index (χ3v) is 6.52. The summed E-state index contributed by atoms with van der Waals surface area (Å²) >= 11 is 0. The largest absolute Gasteiger partial charge is 0.450 e. The van der Waals surface area contributed by atoms with E-state index in [1.165, 1.54) is 38.5 Å². The van der Waals surface area contributed by atoms with E-state index in [1.54, 1.807) is 13.8 Å². The molecule has 0 bridgehead atoms. The Balaban J connectivity index is 2.32. The van der Waals surface area contributed by atoms with Gasteiger partial charge in [0.1, 0.15) is 13.1 Å². The molecule has 0 saturated heterocycles. The summed E-state index contributed by atoms with van der Waals surface area (Å²) in [6.45, 7) is 10.3. The molecule has 2 N–H and O–H groups in total. The zero-order chi connectivity index (χ0) is 27.6. The van der Waals surface area contributed by atoms with Gasteiger partial charge in [0, 0.05) is 37.1 Å². The number of ether oxygens (including phenoxy) is 2. The highest BCUT2D eigenvalue weighted by atomic mass is 16.6. The Labute approximate surface area is 228 Å². The summed E-state index contributed by atoms with van der Waals surface area (Å²) in [6.07, 6.45) is 16.6. The molecule has 2 unspecified atom stereocenters. The van der Waals surface area contributed by atoms with E-state index in [4.69, 9.17) is 9.47 Å². The normalized spacial score (nSPS) is 12.4. The number of unbranched alkanes of at least 4 members (excludes halogenated alkanes) is 6. The molecule has 2 aromatic heterocycles. The SMILES string of the molecule is CCCCCC[n+]1ccc(C(NC(=O)OCC)C(NC(=O)OCC)c2cc[n+](CCCCCC)cc2)cc1. The van der Waals surface area contributed by atoms with Crippen molar-refractivity contribution in [2.45, 2.75) is 104 Å². The van der Waals surface area contributed by atoms with Crippen LogP contribution in [0.5, 0.6) is 0 Å². The molecule has 2 aromatic rings. The number of carbonyl (C=O) groups excluding carboxylic acids is 2. The number of rotatable bonds is 17. The van der Waals surface area contributed by atoms with E-state index in [1.807, 2.05) is 49.1 Å². The van der Waals surface area contributed by atoms with Gasteiger partial charge in [-0.2, -0.15) is 0 Å². The molecule has 0 aromatic carbocycles. The summed E-state index contributed by atoms with van der Waals surface area (Å²) in [5, 5.41) is 5.95. The summed E-state index contributed by atoms with van der Waals surface area (Å²) in [4.78, 5) is 25.2. The fourth-order valence-corrected chi connectivity index (χ4v) is 4.41. The molecule has 210 valence electrons. The predicted octanol–water partition coefficient (Wildman–Crippen LogP) is 5.70. The smallest absolute Gasteiger partial charge is 0.407 e. The lowest BCUT2D eigenvalue weighted by atomic mass is 9.94. The number of carbonyl (C=O) groups is 2. The van der Waals surface area contributed by atoms with Gasteiger partial charge in [-0.05, 0) is 37.8 Å². The first-order chi connectivity index (χ1) is 18.5. The number of hydrogen-bond acceptors (Lipinski definition) is 4. The van der Waals surface area contributed by atoms with Crippen molar-refractivity contribution in [3.63, 3.8) is 0 Å². The second-order valence-electron chi connectivity index (χ2n) is 9.54. The average Bonchev–Trinajstić information content (AvgIpc) is 2.92. The average molecular weight is 529 g/mol. The fourth-order valence-electron chi connectivity index (χ4n) is 4.41. The summed E-state index contributed by atoms with van der Waals surface area (Å²) < 4.78 is 14.7. The van der Waals surface area contributed by atoms with Gasteiger partial charge in [-0.3, -0.25) is 0 Å². The van der Waals surface area contributed by atoms with E-state index in [0.29, 0.717) is 0 Å². The zero-order valence-corrected chi connectivity index (χ0v) is 23.8. The van der Waals surface area contributed by atoms with Crippen molar-refractivity contribution in [2.24, 2.45) is 0 Å². The molecule has 0 aliphatic heterocycles. The topological polar surface area (TPSA) is 84.4 Å². The number of aromatic nitrogens is 2. The zero-order valence-electron chi connectivity index (χ0n) is 23.8. The first-order valence-electron chi connectivity index (χ1n) is 14.4. The Morgan fingerprint density at radius 2 is 1.00 bits per heavy atom. The maximum absolute atomic E-state index is 12.6. The second-order valence-corrected chi connectivity index (χ2v) is 9.54. The quantitative estimate of drug-likeness (QED) is 0.204. The molecule has 8 nitrogen and oxygen atoms in total. The van der Waals surface area contributed by atoms with Crippen molar-refractivity contribution in [3.8, 4) is 0 Å². The van der Waals surface area contributed by atoms with Gasteiger partial charge < -0.3 is 20.1 Å². The van der Waals surface area contributed by atoms with Crippen molar-refractivity contribution in [2.75, 3.05) is 13.2 Å². The van der Waals surface area contributed by atoms with Crippen molar-refractivity contribution < 1.29 is 28.2 Å². The van der Waals surface area contributed by atoms with Crippen LogP contribution in [0, 0.1) is 0 Å².